The Morgan fingerprint density at radius 2 is 1.81 bits per heavy atom. The maximum atomic E-state index is 12.5. The van der Waals surface area contributed by atoms with Gasteiger partial charge in [0.05, 0.1) is 11.4 Å². The van der Waals surface area contributed by atoms with Crippen LogP contribution < -0.4 is 10.1 Å². The molecule has 2 N–H and O–H groups in total. The number of nitrogens with one attached hydrogen (secondary N) is 2. The van der Waals surface area contributed by atoms with Gasteiger partial charge in [-0.15, -0.1) is 0 Å². The highest BCUT2D eigenvalue weighted by atomic mass is 16.5. The zero-order valence-electron chi connectivity index (χ0n) is 16.5. The number of hydrogen-bond acceptors (Lipinski definition) is 4. The monoisotopic (exact) mass is 409 g/mol. The van der Waals surface area contributed by atoms with Crippen molar-refractivity contribution in [2.45, 2.75) is 6.61 Å². The van der Waals surface area contributed by atoms with Gasteiger partial charge in [-0.05, 0) is 42.5 Å². The number of aromatic nitrogens is 4. The average Bonchev–Trinajstić information content (AvgIpc) is 3.46. The van der Waals surface area contributed by atoms with Crippen molar-refractivity contribution in [2.24, 2.45) is 0 Å². The molecule has 2 aromatic carbocycles. The number of ether oxygens (including phenoxy) is 1. The van der Waals surface area contributed by atoms with Crippen molar-refractivity contribution in [1.29, 1.82) is 0 Å². The molecule has 0 fully saturated rings. The third kappa shape index (κ3) is 4.16. The van der Waals surface area contributed by atoms with Crippen molar-refractivity contribution in [3.63, 3.8) is 0 Å². The van der Waals surface area contributed by atoms with Crippen LogP contribution in [0, 0.1) is 0 Å². The van der Waals surface area contributed by atoms with Gasteiger partial charge >= 0.3 is 0 Å². The van der Waals surface area contributed by atoms with Gasteiger partial charge in [0.25, 0.3) is 5.91 Å². The molecule has 5 rings (SSSR count). The molecule has 7 nitrogen and oxygen atoms in total. The highest BCUT2D eigenvalue weighted by Gasteiger charge is 2.11. The standard InChI is InChI=1S/C24H19N5O2/c30-24(22-14-21(27-28-22)17-6-2-1-3-7-17)26-18-9-11-20(12-10-18)31-16-19-15-29-13-5-4-8-23(29)25-19/h1-15H,16H2,(H,26,30)(H,27,28). The minimum atomic E-state index is -0.256. The maximum absolute atomic E-state index is 12.5. The number of carbonyl (C=O) groups is 1. The van der Waals surface area contributed by atoms with E-state index in [4.69, 9.17) is 4.74 Å². The van der Waals surface area contributed by atoms with E-state index in [2.05, 4.69) is 20.5 Å². The number of imidazole rings is 1. The summed E-state index contributed by atoms with van der Waals surface area (Å²) in [5, 5.41) is 9.87. The van der Waals surface area contributed by atoms with Gasteiger partial charge in [-0.25, -0.2) is 4.98 Å². The molecule has 1 amide bonds. The van der Waals surface area contributed by atoms with Gasteiger partial charge in [-0.3, -0.25) is 9.89 Å². The first-order valence-corrected chi connectivity index (χ1v) is 9.82. The van der Waals surface area contributed by atoms with Gasteiger partial charge in [-0.2, -0.15) is 5.10 Å². The molecular weight excluding hydrogens is 390 g/mol. The highest BCUT2D eigenvalue weighted by molar-refractivity contribution is 6.03. The number of rotatable bonds is 6. The zero-order chi connectivity index (χ0) is 21.0. The Bertz CT molecular complexity index is 1290. The normalized spacial score (nSPS) is 10.8. The molecular formula is C24H19N5O2. The first-order chi connectivity index (χ1) is 15.2. The Balaban J connectivity index is 1.20. The summed E-state index contributed by atoms with van der Waals surface area (Å²) in [5.41, 5.74) is 4.46. The zero-order valence-corrected chi connectivity index (χ0v) is 16.5. The lowest BCUT2D eigenvalue weighted by Gasteiger charge is -2.07. The average molecular weight is 409 g/mol. The van der Waals surface area contributed by atoms with Crippen molar-refractivity contribution >= 4 is 17.2 Å². The number of amides is 1. The second-order valence-electron chi connectivity index (χ2n) is 7.00. The lowest BCUT2D eigenvalue weighted by atomic mass is 10.1. The van der Waals surface area contributed by atoms with E-state index >= 15 is 0 Å². The number of fused-ring (bicyclic) bond motifs is 1. The number of nitrogens with zero attached hydrogens (tertiary/aromatic N) is 3. The Labute approximate surface area is 178 Å². The summed E-state index contributed by atoms with van der Waals surface area (Å²) in [6.45, 7) is 0.365. The van der Waals surface area contributed by atoms with Crippen LogP contribution in [0.2, 0.25) is 0 Å². The number of pyridine rings is 1. The van der Waals surface area contributed by atoms with Crippen LogP contribution >= 0.6 is 0 Å². The SMILES string of the molecule is O=C(Nc1ccc(OCc2cn3ccccc3n2)cc1)c1cc(-c2ccccc2)n[nH]1. The molecule has 0 aliphatic heterocycles. The summed E-state index contributed by atoms with van der Waals surface area (Å²) in [4.78, 5) is 17.0. The Morgan fingerprint density at radius 1 is 1.00 bits per heavy atom. The molecule has 7 heteroatoms. The van der Waals surface area contributed by atoms with Gasteiger partial charge in [-0.1, -0.05) is 36.4 Å². The van der Waals surface area contributed by atoms with E-state index in [1.54, 1.807) is 18.2 Å². The first kappa shape index (κ1) is 18.6. The lowest BCUT2D eigenvalue weighted by Crippen LogP contribution is -2.12. The molecule has 0 saturated heterocycles. The molecule has 0 aliphatic rings. The molecule has 0 radical (unpaired) electrons. The van der Waals surface area contributed by atoms with E-state index in [-0.39, 0.29) is 5.91 Å². The number of benzene rings is 2. The van der Waals surface area contributed by atoms with Crippen molar-refractivity contribution in [2.75, 3.05) is 5.32 Å². The van der Waals surface area contributed by atoms with E-state index < -0.39 is 0 Å². The van der Waals surface area contributed by atoms with Gasteiger partial charge in [0, 0.05) is 23.6 Å². The summed E-state index contributed by atoms with van der Waals surface area (Å²) in [6.07, 6.45) is 3.89. The molecule has 0 atom stereocenters. The lowest BCUT2D eigenvalue weighted by molar-refractivity contribution is 0.102. The summed E-state index contributed by atoms with van der Waals surface area (Å²) < 4.78 is 7.77. The van der Waals surface area contributed by atoms with Gasteiger partial charge in [0.15, 0.2) is 0 Å². The summed E-state index contributed by atoms with van der Waals surface area (Å²) >= 11 is 0. The molecule has 152 valence electrons. The van der Waals surface area contributed by atoms with E-state index in [1.807, 2.05) is 77.5 Å². The van der Waals surface area contributed by atoms with Crippen LogP contribution in [0.1, 0.15) is 16.2 Å². The summed E-state index contributed by atoms with van der Waals surface area (Å²) in [5.74, 6) is 0.441. The molecule has 0 spiro atoms. The Kier molecular flexibility index (Phi) is 4.90. The van der Waals surface area contributed by atoms with E-state index in [0.29, 0.717) is 23.7 Å². The molecule has 3 heterocycles. The number of aromatic amines is 1. The largest absolute Gasteiger partial charge is 0.487 e. The number of hydrogen-bond donors (Lipinski definition) is 2. The molecule has 5 aromatic rings. The fourth-order valence-electron chi connectivity index (χ4n) is 3.24. The molecule has 3 aromatic heterocycles. The fourth-order valence-corrected chi connectivity index (χ4v) is 3.24. The Hall–Kier alpha value is -4.39. The van der Waals surface area contributed by atoms with Gasteiger partial charge < -0.3 is 14.5 Å². The second kappa shape index (κ2) is 8.16. The fraction of sp³-hybridized carbons (Fsp3) is 0.0417. The van der Waals surface area contributed by atoms with Crippen molar-refractivity contribution < 1.29 is 9.53 Å². The maximum Gasteiger partial charge on any atom is 0.273 e. The van der Waals surface area contributed by atoms with Gasteiger partial charge in [0.2, 0.25) is 0 Å². The topological polar surface area (TPSA) is 84.3 Å². The van der Waals surface area contributed by atoms with E-state index in [1.165, 1.54) is 0 Å². The smallest absolute Gasteiger partial charge is 0.273 e. The predicted octanol–water partition coefficient (Wildman–Crippen LogP) is 4.56. The van der Waals surface area contributed by atoms with Crippen molar-refractivity contribution in [3.05, 3.63) is 103 Å². The van der Waals surface area contributed by atoms with Crippen molar-refractivity contribution in [1.82, 2.24) is 19.6 Å². The minimum absolute atomic E-state index is 0.256. The number of H-pyrrole nitrogens is 1. The molecule has 0 bridgehead atoms. The van der Waals surface area contributed by atoms with Gasteiger partial charge in [0.1, 0.15) is 23.7 Å². The highest BCUT2D eigenvalue weighted by Crippen LogP contribution is 2.20. The first-order valence-electron chi connectivity index (χ1n) is 9.82. The van der Waals surface area contributed by atoms with Crippen LogP contribution in [0.15, 0.2) is 91.3 Å². The second-order valence-corrected chi connectivity index (χ2v) is 7.00. The third-order valence-electron chi connectivity index (χ3n) is 4.80. The molecule has 0 aliphatic carbocycles. The van der Waals surface area contributed by atoms with Crippen LogP contribution in [0.5, 0.6) is 5.75 Å². The molecule has 0 saturated carbocycles. The van der Waals surface area contributed by atoms with Crippen molar-refractivity contribution in [3.8, 4) is 17.0 Å². The number of carbonyl (C=O) groups excluding carboxylic acids is 1. The predicted molar refractivity (Wildman–Crippen MR) is 118 cm³/mol. The molecule has 0 unspecified atom stereocenters. The van der Waals surface area contributed by atoms with Crippen LogP contribution in [0.3, 0.4) is 0 Å². The van der Waals surface area contributed by atoms with Crippen LogP contribution in [-0.4, -0.2) is 25.5 Å². The van der Waals surface area contributed by atoms with E-state index in [0.717, 1.165) is 22.6 Å². The quantitative estimate of drug-likeness (QED) is 0.431. The van der Waals surface area contributed by atoms with E-state index in [9.17, 15) is 4.79 Å². The Morgan fingerprint density at radius 3 is 2.61 bits per heavy atom. The molecule has 31 heavy (non-hydrogen) atoms. The third-order valence-corrected chi connectivity index (χ3v) is 4.80. The number of anilines is 1. The van der Waals surface area contributed by atoms with Crippen LogP contribution in [-0.2, 0) is 6.61 Å². The summed E-state index contributed by atoms with van der Waals surface area (Å²) in [6, 6.07) is 24.5. The van der Waals surface area contributed by atoms with Crippen LogP contribution in [0.4, 0.5) is 5.69 Å². The summed E-state index contributed by atoms with van der Waals surface area (Å²) in [7, 11) is 0. The van der Waals surface area contributed by atoms with Crippen LogP contribution in [0.25, 0.3) is 16.9 Å². The minimum Gasteiger partial charge on any atom is -0.487 e.